The Morgan fingerprint density at radius 2 is 1.78 bits per heavy atom. The van der Waals surface area contributed by atoms with Crippen LogP contribution in [0.15, 0.2) is 30.3 Å². The van der Waals surface area contributed by atoms with Crippen LogP contribution in [0, 0.1) is 27.2 Å². The van der Waals surface area contributed by atoms with E-state index in [-0.39, 0.29) is 17.7 Å². The summed E-state index contributed by atoms with van der Waals surface area (Å²) >= 11 is 0. The standard InChI is InChI=1S/C15H10N2O6/c1-8-2-3-9-5-12(18)15-11(17(21)22)6-10(16(19)20)7-14(15)23-13(9)4-8/h2-4,6-7H,5H2,1H3. The van der Waals surface area contributed by atoms with Crippen molar-refractivity contribution in [2.45, 2.75) is 13.3 Å². The molecule has 0 spiro atoms. The molecule has 0 saturated heterocycles. The molecule has 8 heteroatoms. The molecule has 2 aromatic rings. The van der Waals surface area contributed by atoms with Gasteiger partial charge in [-0.05, 0) is 18.6 Å². The number of benzene rings is 2. The largest absolute Gasteiger partial charge is 0.456 e. The molecule has 0 saturated carbocycles. The van der Waals surface area contributed by atoms with Gasteiger partial charge in [0.05, 0.1) is 22.0 Å². The molecule has 8 nitrogen and oxygen atoms in total. The maximum Gasteiger partial charge on any atom is 0.290 e. The van der Waals surface area contributed by atoms with Crippen molar-refractivity contribution in [3.8, 4) is 11.5 Å². The summed E-state index contributed by atoms with van der Waals surface area (Å²) in [7, 11) is 0. The highest BCUT2D eigenvalue weighted by molar-refractivity contribution is 6.05. The lowest BCUT2D eigenvalue weighted by Gasteiger charge is -2.09. The zero-order valence-corrected chi connectivity index (χ0v) is 11.9. The van der Waals surface area contributed by atoms with Crippen LogP contribution < -0.4 is 4.74 Å². The van der Waals surface area contributed by atoms with Gasteiger partial charge in [0.25, 0.3) is 11.4 Å². The van der Waals surface area contributed by atoms with Crippen molar-refractivity contribution in [1.29, 1.82) is 0 Å². The Hall–Kier alpha value is -3.29. The minimum atomic E-state index is -0.811. The third kappa shape index (κ3) is 2.50. The molecule has 0 fully saturated rings. The second-order valence-corrected chi connectivity index (χ2v) is 5.17. The number of nitro groups is 2. The van der Waals surface area contributed by atoms with Crippen LogP contribution in [0.4, 0.5) is 11.4 Å². The van der Waals surface area contributed by atoms with Crippen LogP contribution in [0.3, 0.4) is 0 Å². The van der Waals surface area contributed by atoms with Gasteiger partial charge in [-0.3, -0.25) is 25.0 Å². The fraction of sp³-hybridized carbons (Fsp3) is 0.133. The predicted molar refractivity (Wildman–Crippen MR) is 79.0 cm³/mol. The van der Waals surface area contributed by atoms with Gasteiger partial charge in [-0.1, -0.05) is 12.1 Å². The molecular weight excluding hydrogens is 304 g/mol. The number of nitrogens with zero attached hydrogens (tertiary/aromatic N) is 2. The summed E-state index contributed by atoms with van der Waals surface area (Å²) in [5.74, 6) is -0.309. The Labute approximate surface area is 129 Å². The second-order valence-electron chi connectivity index (χ2n) is 5.17. The Bertz CT molecular complexity index is 875. The van der Waals surface area contributed by atoms with Gasteiger partial charge >= 0.3 is 0 Å². The zero-order chi connectivity index (χ0) is 16.7. The molecule has 116 valence electrons. The first kappa shape index (κ1) is 14.6. The number of nitro benzene ring substituents is 2. The number of non-ortho nitro benzene ring substituents is 1. The number of hydrogen-bond acceptors (Lipinski definition) is 6. The van der Waals surface area contributed by atoms with Crippen LogP contribution in [0.5, 0.6) is 11.5 Å². The molecule has 0 atom stereocenters. The fourth-order valence-corrected chi connectivity index (χ4v) is 2.48. The van der Waals surface area contributed by atoms with E-state index in [0.29, 0.717) is 11.3 Å². The van der Waals surface area contributed by atoms with Gasteiger partial charge in [-0.2, -0.15) is 0 Å². The third-order valence-electron chi connectivity index (χ3n) is 3.55. The van der Waals surface area contributed by atoms with Crippen LogP contribution in [-0.4, -0.2) is 15.6 Å². The normalized spacial score (nSPS) is 12.7. The van der Waals surface area contributed by atoms with Crippen molar-refractivity contribution in [2.24, 2.45) is 0 Å². The summed E-state index contributed by atoms with van der Waals surface area (Å²) in [6.45, 7) is 1.83. The molecule has 0 unspecified atom stereocenters. The van der Waals surface area contributed by atoms with E-state index >= 15 is 0 Å². The SMILES string of the molecule is Cc1ccc2c(c1)Oc1cc([N+](=O)[O-])cc([N+](=O)[O-])c1C(=O)C2. The van der Waals surface area contributed by atoms with Crippen molar-refractivity contribution in [3.63, 3.8) is 0 Å². The van der Waals surface area contributed by atoms with Crippen molar-refractivity contribution in [2.75, 3.05) is 0 Å². The zero-order valence-electron chi connectivity index (χ0n) is 11.9. The van der Waals surface area contributed by atoms with Crippen LogP contribution in [0.1, 0.15) is 21.5 Å². The monoisotopic (exact) mass is 314 g/mol. The van der Waals surface area contributed by atoms with Gasteiger partial charge in [0.15, 0.2) is 11.5 Å². The minimum Gasteiger partial charge on any atom is -0.456 e. The van der Waals surface area contributed by atoms with Crippen molar-refractivity contribution in [1.82, 2.24) is 0 Å². The highest BCUT2D eigenvalue weighted by Crippen LogP contribution is 2.40. The second kappa shape index (κ2) is 5.16. The summed E-state index contributed by atoms with van der Waals surface area (Å²) < 4.78 is 5.61. The molecule has 0 aliphatic carbocycles. The molecule has 1 aliphatic heterocycles. The van der Waals surface area contributed by atoms with Crippen LogP contribution in [0.25, 0.3) is 0 Å². The number of carbonyl (C=O) groups is 1. The number of ether oxygens (including phenoxy) is 1. The number of aryl methyl sites for hydroxylation is 1. The maximum absolute atomic E-state index is 12.4. The molecule has 1 aliphatic rings. The van der Waals surface area contributed by atoms with E-state index < -0.39 is 27.0 Å². The summed E-state index contributed by atoms with van der Waals surface area (Å²) in [6, 6.07) is 7.00. The van der Waals surface area contributed by atoms with Crippen molar-refractivity contribution < 1.29 is 19.4 Å². The molecule has 2 aromatic carbocycles. The first-order valence-electron chi connectivity index (χ1n) is 6.64. The van der Waals surface area contributed by atoms with Gasteiger partial charge in [-0.15, -0.1) is 0 Å². The van der Waals surface area contributed by atoms with E-state index in [2.05, 4.69) is 0 Å². The Kier molecular flexibility index (Phi) is 3.29. The maximum atomic E-state index is 12.4. The van der Waals surface area contributed by atoms with E-state index in [0.717, 1.165) is 17.7 Å². The van der Waals surface area contributed by atoms with Crippen LogP contribution in [0.2, 0.25) is 0 Å². The average Bonchev–Trinajstić information content (AvgIpc) is 2.61. The van der Waals surface area contributed by atoms with E-state index in [1.807, 2.05) is 6.92 Å². The van der Waals surface area contributed by atoms with E-state index in [9.17, 15) is 25.0 Å². The highest BCUT2D eigenvalue weighted by Gasteiger charge is 2.32. The lowest BCUT2D eigenvalue weighted by molar-refractivity contribution is -0.394. The molecule has 3 rings (SSSR count). The number of Topliss-reactive ketones (excluding diaryl/α,β-unsaturated/α-hetero) is 1. The molecule has 1 heterocycles. The van der Waals surface area contributed by atoms with Gasteiger partial charge in [0, 0.05) is 12.0 Å². The summed E-state index contributed by atoms with van der Waals surface area (Å²) in [6.07, 6.45) is -0.0682. The number of fused-ring (bicyclic) bond motifs is 2. The molecule has 23 heavy (non-hydrogen) atoms. The van der Waals surface area contributed by atoms with E-state index in [4.69, 9.17) is 4.74 Å². The Balaban J connectivity index is 2.27. The minimum absolute atomic E-state index is 0.0682. The lowest BCUT2D eigenvalue weighted by atomic mass is 10.0. The summed E-state index contributed by atoms with van der Waals surface area (Å²) in [5, 5.41) is 22.2. The molecular formula is C15H10N2O6. The fourth-order valence-electron chi connectivity index (χ4n) is 2.48. The first-order valence-corrected chi connectivity index (χ1v) is 6.64. The summed E-state index contributed by atoms with van der Waals surface area (Å²) in [5.41, 5.74) is 0.0888. The van der Waals surface area contributed by atoms with E-state index in [1.54, 1.807) is 18.2 Å². The number of hydrogen-bond donors (Lipinski definition) is 0. The third-order valence-corrected chi connectivity index (χ3v) is 3.55. The predicted octanol–water partition coefficient (Wildman–Crippen LogP) is 3.34. The molecule has 0 amide bonds. The van der Waals surface area contributed by atoms with Gasteiger partial charge in [0.2, 0.25) is 0 Å². The molecule has 0 aromatic heterocycles. The average molecular weight is 314 g/mol. The van der Waals surface area contributed by atoms with Crippen LogP contribution in [-0.2, 0) is 6.42 Å². The van der Waals surface area contributed by atoms with Crippen molar-refractivity contribution in [3.05, 3.63) is 67.3 Å². The van der Waals surface area contributed by atoms with Crippen molar-refractivity contribution >= 4 is 17.2 Å². The molecule has 0 radical (unpaired) electrons. The van der Waals surface area contributed by atoms with Crippen LogP contribution >= 0.6 is 0 Å². The Morgan fingerprint density at radius 3 is 2.43 bits per heavy atom. The quantitative estimate of drug-likeness (QED) is 0.620. The number of rotatable bonds is 2. The molecule has 0 N–H and O–H groups in total. The van der Waals surface area contributed by atoms with Gasteiger partial charge < -0.3 is 4.74 Å². The molecule has 0 bridgehead atoms. The number of ketones is 1. The van der Waals surface area contributed by atoms with E-state index in [1.165, 1.54) is 0 Å². The van der Waals surface area contributed by atoms with Gasteiger partial charge in [0.1, 0.15) is 11.3 Å². The smallest absolute Gasteiger partial charge is 0.290 e. The lowest BCUT2D eigenvalue weighted by Crippen LogP contribution is -2.07. The summed E-state index contributed by atoms with van der Waals surface area (Å²) in [4.78, 5) is 33.0. The highest BCUT2D eigenvalue weighted by atomic mass is 16.6. The number of carbonyl (C=O) groups excluding carboxylic acids is 1. The van der Waals surface area contributed by atoms with Gasteiger partial charge in [-0.25, -0.2) is 0 Å². The first-order chi connectivity index (χ1) is 10.9. The Morgan fingerprint density at radius 1 is 1.04 bits per heavy atom. The topological polar surface area (TPSA) is 113 Å².